The van der Waals surface area contributed by atoms with Crippen molar-refractivity contribution in [2.24, 2.45) is 0 Å². The normalized spacial score (nSPS) is 12.8. The van der Waals surface area contributed by atoms with Gasteiger partial charge in [-0.25, -0.2) is 9.59 Å². The third-order valence-electron chi connectivity index (χ3n) is 4.39. The van der Waals surface area contributed by atoms with E-state index in [4.69, 9.17) is 18.9 Å². The monoisotopic (exact) mass is 438 g/mol. The fraction of sp³-hybridized carbons (Fsp3) is 0.308. The number of benzene rings is 2. The van der Waals surface area contributed by atoms with Gasteiger partial charge >= 0.3 is 11.9 Å². The van der Waals surface area contributed by atoms with Crippen LogP contribution in [0.2, 0.25) is 0 Å². The topological polar surface area (TPSA) is 71.1 Å². The molecule has 170 valence electrons. The van der Waals surface area contributed by atoms with Gasteiger partial charge in [0.15, 0.2) is 12.6 Å². The van der Waals surface area contributed by atoms with Crippen LogP contribution in [0.25, 0.3) is 12.2 Å². The highest BCUT2D eigenvalue weighted by molar-refractivity contribution is 5.89. The Balaban J connectivity index is 1.54. The van der Waals surface area contributed by atoms with Gasteiger partial charge in [0, 0.05) is 6.08 Å². The molecule has 0 radical (unpaired) electrons. The molecular formula is C26H30O6. The van der Waals surface area contributed by atoms with E-state index < -0.39 is 24.5 Å². The highest BCUT2D eigenvalue weighted by atomic mass is 16.7. The number of carbonyl (C=O) groups excluding carboxylic acids is 2. The molecule has 2 aromatic carbocycles. The van der Waals surface area contributed by atoms with E-state index in [2.05, 4.69) is 6.58 Å². The molecule has 0 amide bonds. The molecule has 0 aromatic heterocycles. The molecule has 2 atom stereocenters. The second kappa shape index (κ2) is 14.0. The first-order valence-electron chi connectivity index (χ1n) is 10.6. The van der Waals surface area contributed by atoms with Gasteiger partial charge in [-0.2, -0.15) is 0 Å². The Morgan fingerprint density at radius 3 is 2.03 bits per heavy atom. The minimum absolute atomic E-state index is 0.418. The molecule has 0 spiro atoms. The summed E-state index contributed by atoms with van der Waals surface area (Å²) in [6.45, 7) is 7.87. The van der Waals surface area contributed by atoms with E-state index in [0.29, 0.717) is 31.6 Å². The summed E-state index contributed by atoms with van der Waals surface area (Å²) >= 11 is 0. The average molecular weight is 439 g/mol. The number of rotatable bonds is 13. The molecule has 0 saturated carbocycles. The van der Waals surface area contributed by atoms with E-state index in [1.807, 2.05) is 30.3 Å². The first-order valence-corrected chi connectivity index (χ1v) is 10.6. The number of hydrogen-bond donors (Lipinski definition) is 0. The molecule has 0 bridgehead atoms. The van der Waals surface area contributed by atoms with Crippen molar-refractivity contribution in [3.63, 3.8) is 0 Å². The van der Waals surface area contributed by atoms with Crippen molar-refractivity contribution in [2.45, 2.75) is 39.3 Å². The van der Waals surface area contributed by atoms with E-state index in [9.17, 15) is 9.59 Å². The van der Waals surface area contributed by atoms with Crippen molar-refractivity contribution in [3.05, 3.63) is 83.9 Å². The van der Waals surface area contributed by atoms with Crippen molar-refractivity contribution in [2.75, 3.05) is 13.2 Å². The zero-order valence-corrected chi connectivity index (χ0v) is 18.6. The molecule has 2 rings (SSSR count). The molecule has 32 heavy (non-hydrogen) atoms. The summed E-state index contributed by atoms with van der Waals surface area (Å²) in [7, 11) is 0. The summed E-state index contributed by atoms with van der Waals surface area (Å²) < 4.78 is 21.4. The minimum Gasteiger partial charge on any atom is -0.433 e. The first kappa shape index (κ1) is 25.0. The van der Waals surface area contributed by atoms with Crippen LogP contribution in [0.5, 0.6) is 0 Å². The predicted octanol–water partition coefficient (Wildman–Crippen LogP) is 5.25. The van der Waals surface area contributed by atoms with Gasteiger partial charge in [0.1, 0.15) is 0 Å². The summed E-state index contributed by atoms with van der Waals surface area (Å²) in [5, 5.41) is 0. The summed E-state index contributed by atoms with van der Waals surface area (Å²) in [6.07, 6.45) is 4.90. The molecule has 0 N–H and O–H groups in total. The highest BCUT2D eigenvalue weighted by Gasteiger charge is 2.12. The molecule has 0 aliphatic carbocycles. The quantitative estimate of drug-likeness (QED) is 0.184. The summed E-state index contributed by atoms with van der Waals surface area (Å²) in [4.78, 5) is 23.9. The molecule has 6 heteroatoms. The Morgan fingerprint density at radius 1 is 0.844 bits per heavy atom. The zero-order valence-electron chi connectivity index (χ0n) is 18.6. The first-order chi connectivity index (χ1) is 15.5. The predicted molar refractivity (Wildman–Crippen MR) is 124 cm³/mol. The van der Waals surface area contributed by atoms with E-state index >= 15 is 0 Å². The van der Waals surface area contributed by atoms with E-state index in [1.165, 1.54) is 6.08 Å². The molecular weight excluding hydrogens is 408 g/mol. The average Bonchev–Trinajstić information content (AvgIpc) is 2.80. The molecule has 0 aliphatic rings. The third-order valence-corrected chi connectivity index (χ3v) is 4.39. The van der Waals surface area contributed by atoms with Crippen molar-refractivity contribution in [1.29, 1.82) is 0 Å². The van der Waals surface area contributed by atoms with E-state index in [1.54, 1.807) is 50.3 Å². The fourth-order valence-corrected chi connectivity index (χ4v) is 2.68. The van der Waals surface area contributed by atoms with Gasteiger partial charge in [0.25, 0.3) is 0 Å². The van der Waals surface area contributed by atoms with Crippen molar-refractivity contribution < 1.29 is 28.5 Å². The van der Waals surface area contributed by atoms with E-state index in [0.717, 1.165) is 11.1 Å². The van der Waals surface area contributed by atoms with Gasteiger partial charge in [-0.1, -0.05) is 55.1 Å². The molecule has 2 unspecified atom stereocenters. The van der Waals surface area contributed by atoms with Gasteiger partial charge in [-0.3, -0.25) is 0 Å². The van der Waals surface area contributed by atoms with Gasteiger partial charge in [0.05, 0.1) is 18.8 Å². The maximum atomic E-state index is 12.1. The Bertz CT molecular complexity index is 873. The van der Waals surface area contributed by atoms with Crippen LogP contribution in [-0.2, 0) is 23.7 Å². The van der Waals surface area contributed by atoms with Crippen LogP contribution in [0.4, 0.5) is 0 Å². The maximum absolute atomic E-state index is 12.1. The number of carbonyl (C=O) groups is 2. The van der Waals surface area contributed by atoms with Crippen LogP contribution in [0, 0.1) is 0 Å². The molecule has 2 aromatic rings. The number of hydrogen-bond acceptors (Lipinski definition) is 6. The standard InChI is InChI=1S/C26H30O6/c1-4-22-12-15-24(16-13-22)26(28)32-21(3)30-19-9-8-18-29-20(2)31-25(27)17-14-23-10-6-5-7-11-23/h4-7,10-17,20-21H,1,8-9,18-19H2,2-3H3/b17-14+. The second-order valence-electron chi connectivity index (χ2n) is 7.00. The van der Waals surface area contributed by atoms with Crippen LogP contribution in [0.15, 0.2) is 67.3 Å². The minimum atomic E-state index is -0.654. The van der Waals surface area contributed by atoms with Crippen LogP contribution in [0.1, 0.15) is 48.2 Å². The van der Waals surface area contributed by atoms with Crippen LogP contribution in [-0.4, -0.2) is 37.7 Å². The number of unbranched alkanes of at least 4 members (excludes halogenated alkanes) is 1. The van der Waals surface area contributed by atoms with Crippen LogP contribution < -0.4 is 0 Å². The lowest BCUT2D eigenvalue weighted by Gasteiger charge is -2.15. The van der Waals surface area contributed by atoms with Crippen molar-refractivity contribution in [3.8, 4) is 0 Å². The van der Waals surface area contributed by atoms with Crippen LogP contribution in [0.3, 0.4) is 0 Å². The number of ether oxygens (including phenoxy) is 4. The Labute approximate surface area is 189 Å². The molecule has 0 fully saturated rings. The summed E-state index contributed by atoms with van der Waals surface area (Å²) in [5.41, 5.74) is 2.31. The SMILES string of the molecule is C=Cc1ccc(C(=O)OC(C)OCCCCOC(C)OC(=O)/C=C/c2ccccc2)cc1. The maximum Gasteiger partial charge on any atom is 0.340 e. The Kier molecular flexibility index (Phi) is 10.9. The van der Waals surface area contributed by atoms with Gasteiger partial charge < -0.3 is 18.9 Å². The number of esters is 2. The van der Waals surface area contributed by atoms with Crippen LogP contribution >= 0.6 is 0 Å². The molecule has 0 aliphatic heterocycles. The van der Waals surface area contributed by atoms with Gasteiger partial charge in [-0.05, 0) is 56.0 Å². The van der Waals surface area contributed by atoms with E-state index in [-0.39, 0.29) is 0 Å². The third kappa shape index (κ3) is 9.73. The van der Waals surface area contributed by atoms with Crippen molar-refractivity contribution in [1.82, 2.24) is 0 Å². The highest BCUT2D eigenvalue weighted by Crippen LogP contribution is 2.09. The lowest BCUT2D eigenvalue weighted by Crippen LogP contribution is -2.19. The lowest BCUT2D eigenvalue weighted by atomic mass is 10.1. The fourth-order valence-electron chi connectivity index (χ4n) is 2.68. The second-order valence-corrected chi connectivity index (χ2v) is 7.00. The largest absolute Gasteiger partial charge is 0.433 e. The summed E-state index contributed by atoms with van der Waals surface area (Å²) in [6, 6.07) is 16.5. The Morgan fingerprint density at radius 2 is 1.44 bits per heavy atom. The van der Waals surface area contributed by atoms with Gasteiger partial charge in [-0.15, -0.1) is 0 Å². The smallest absolute Gasteiger partial charge is 0.340 e. The summed E-state index contributed by atoms with van der Waals surface area (Å²) in [5.74, 6) is -0.896. The molecule has 6 nitrogen and oxygen atoms in total. The molecule has 0 heterocycles. The van der Waals surface area contributed by atoms with Gasteiger partial charge in [0.2, 0.25) is 0 Å². The zero-order chi connectivity index (χ0) is 23.2. The van der Waals surface area contributed by atoms with Crippen molar-refractivity contribution >= 4 is 24.1 Å². The molecule has 0 saturated heterocycles. The Hall–Kier alpha value is -3.22. The lowest BCUT2D eigenvalue weighted by molar-refractivity contribution is -0.169.